The van der Waals surface area contributed by atoms with Crippen LogP contribution in [-0.4, -0.2) is 135 Å². The molecule has 135 heavy (non-hydrogen) atoms. The first-order valence-electron chi connectivity index (χ1n) is 34.3. The van der Waals surface area contributed by atoms with E-state index >= 15 is 0 Å². The van der Waals surface area contributed by atoms with Gasteiger partial charge in [-0.15, -0.1) is 60.2 Å². The number of carbonyl (C=O) groups is 2. The molecule has 5 radical (unpaired) electrons. The zero-order chi connectivity index (χ0) is 97.2. The van der Waals surface area contributed by atoms with Gasteiger partial charge in [0, 0.05) is 203 Å². The van der Waals surface area contributed by atoms with Crippen molar-refractivity contribution in [2.45, 2.75) is 56.8 Å². The van der Waals surface area contributed by atoms with E-state index in [1.807, 2.05) is 60.7 Å². The molecule has 0 atom stereocenters. The van der Waals surface area contributed by atoms with Crippen molar-refractivity contribution in [3.63, 3.8) is 0 Å². The monoisotopic (exact) mass is 2800 g/mol. The van der Waals surface area contributed by atoms with Crippen molar-refractivity contribution >= 4 is 69.4 Å². The zero-order valence-corrected chi connectivity index (χ0v) is 80.2. The van der Waals surface area contributed by atoms with E-state index in [0.29, 0.717) is 29.3 Å². The van der Waals surface area contributed by atoms with E-state index in [0.717, 1.165) is 107 Å². The fraction of sp³-hybridized carbons (Fsp3) is 0.108. The second kappa shape index (κ2) is 68.7. The number of nitrogens with zero attached hydrogens (tertiary/aromatic N) is 14. The number of carbonyl (C=O) groups excluding carboxylic acids is 10. The number of aromatic amines is 1. The van der Waals surface area contributed by atoms with Crippen LogP contribution in [0.4, 0.5) is 83.4 Å². The number of H-pyrrole nitrogens is 1. The molecule has 0 unspecified atom stereocenters. The maximum Gasteiger partial charge on any atom is 0.480 e. The van der Waals surface area contributed by atoms with Gasteiger partial charge >= 0.3 is 30.2 Å². The molecule has 0 aliphatic rings. The number of hydrogen-bond acceptors (Lipinski definition) is 22. The van der Waals surface area contributed by atoms with Gasteiger partial charge in [0.2, 0.25) is 47.5 Å². The third-order valence-electron chi connectivity index (χ3n) is 13.3. The Balaban J connectivity index is -0.000000708. The fourth-order valence-electron chi connectivity index (χ4n) is 8.10. The van der Waals surface area contributed by atoms with Crippen molar-refractivity contribution < 1.29 is 241 Å². The van der Waals surface area contributed by atoms with Crippen LogP contribution in [-0.2, 0) is 197 Å². The van der Waals surface area contributed by atoms with Crippen LogP contribution in [0.1, 0.15) is 41.0 Å². The van der Waals surface area contributed by atoms with Crippen molar-refractivity contribution in [3.05, 3.63) is 341 Å². The third kappa shape index (κ3) is 52.7. The Kier molecular flexibility index (Phi) is 65.1. The molecule has 2 amide bonds. The van der Waals surface area contributed by atoms with Crippen molar-refractivity contribution in [2.24, 2.45) is 0 Å². The van der Waals surface area contributed by atoms with Crippen LogP contribution in [0.2, 0.25) is 0 Å². The molecule has 0 aliphatic carbocycles. The van der Waals surface area contributed by atoms with Crippen LogP contribution in [0.5, 0.6) is 0 Å². The van der Waals surface area contributed by atoms with E-state index in [2.05, 4.69) is 88.7 Å². The Hall–Kier alpha value is -13.3. The molecule has 10 heterocycles. The molecule has 27 nitrogen and oxygen atoms in total. The summed E-state index contributed by atoms with van der Waals surface area (Å²) in [5, 5.41) is 17.5. The van der Waals surface area contributed by atoms with Gasteiger partial charge in [-0.05, 0) is 109 Å². The van der Waals surface area contributed by atoms with Crippen molar-refractivity contribution in [3.8, 4) is 56.5 Å². The molecule has 52 heteroatoms. The number of alkyl halides is 15. The van der Waals surface area contributed by atoms with Gasteiger partial charge < -0.3 is 50.1 Å². The average Bonchev–Trinajstić information content (AvgIpc) is 1.62. The summed E-state index contributed by atoms with van der Waals surface area (Å²) in [7, 11) is -5.41. The smallest absolute Gasteiger partial charge is 0.480 e. The average molecular weight is 2790 g/mol. The van der Waals surface area contributed by atoms with Gasteiger partial charge in [0.05, 0.1) is 5.69 Å². The maximum atomic E-state index is 13.2. The summed E-state index contributed by atoms with van der Waals surface area (Å²) in [6.07, 6.45) is -7.74. The first kappa shape index (κ1) is 128. The maximum absolute atomic E-state index is 13.2. The minimum atomic E-state index is -5.41. The summed E-state index contributed by atoms with van der Waals surface area (Å²) in [5.41, 5.74) is -6.21. The summed E-state index contributed by atoms with van der Waals surface area (Å²) in [4.78, 5) is 121. The van der Waals surface area contributed by atoms with Gasteiger partial charge in [-0.2, -0.15) is 71.0 Å². The molecule has 0 saturated heterocycles. The molecule has 0 spiro atoms. The molecule has 13 rings (SSSR count). The summed E-state index contributed by atoms with van der Waals surface area (Å²) in [5.74, 6) is 2.19. The second-order valence-electron chi connectivity index (χ2n) is 22.3. The zero-order valence-electron chi connectivity index (χ0n) is 66.8. The first-order chi connectivity index (χ1) is 61.6. The Bertz CT molecular complexity index is 5760. The third-order valence-corrected chi connectivity index (χ3v) is 14.4. The minimum absolute atomic E-state index is 0. The largest absolute Gasteiger partial charge is 0.649 e. The molecule has 0 saturated carbocycles. The summed E-state index contributed by atoms with van der Waals surface area (Å²) < 4.78 is 258. The Morgan fingerprint density at radius 3 is 1.06 bits per heavy atom. The Morgan fingerprint density at radius 1 is 0.415 bits per heavy atom. The van der Waals surface area contributed by atoms with Crippen molar-refractivity contribution in [2.75, 3.05) is 0 Å². The topological polar surface area (TPSA) is 406 Å². The number of sulfonamides is 1. The van der Waals surface area contributed by atoms with E-state index in [1.54, 1.807) is 97.6 Å². The number of aromatic nitrogens is 12. The molecular weight excluding hydrogens is 2740 g/mol. The number of benzene rings is 3. The Labute approximate surface area is 818 Å². The van der Waals surface area contributed by atoms with Gasteiger partial charge in [0.15, 0.2) is 21.6 Å². The summed E-state index contributed by atoms with van der Waals surface area (Å²) >= 11 is 0. The van der Waals surface area contributed by atoms with Crippen LogP contribution >= 0.6 is 0 Å². The number of halogens is 19. The molecule has 0 fully saturated rings. The number of amides is 2. The molecule has 10 aromatic heterocycles. The molecule has 717 valence electrons. The predicted molar refractivity (Wildman–Crippen MR) is 419 cm³/mol. The van der Waals surface area contributed by atoms with Gasteiger partial charge in [-0.1, -0.05) is 115 Å². The van der Waals surface area contributed by atoms with E-state index in [1.165, 1.54) is 60.9 Å². The van der Waals surface area contributed by atoms with E-state index in [9.17, 15) is 101 Å². The minimum Gasteiger partial charge on any atom is -0.649 e. The second-order valence-corrected chi connectivity index (χ2v) is 24.0. The molecule has 0 bridgehead atoms. The summed E-state index contributed by atoms with van der Waals surface area (Å²) in [6, 6.07) is 60.3. The standard InChI is InChI=1S/2C11H6F2N.C11H8N.C10H5F6N3.C9H5F3N3.C8H7F3N2O.C8H10N2O.C7H6F3N2O2S.4C2O2.3Ir.2Re/c2*12-8-4-5-9(10(13)7-8)11-3-1-2-6-14-11;1-2-6-10(7-3-1)11-8-4-5-9-12-11;11-9(12,13)6-7(5-3-1-2-4-17-5)18-19-8(6)10(14,15)16;10-9(11,12)8-5-7(14-15-8)6-3-1-2-4-13-6;9-8(10,11)7(14)13-5-6-3-1-2-4-12-6;1-7(11)10-6-8-4-2-3-5-9-8;8-7(9,10)15(13,14)12-5-6-3-1-2-4-11-6;4*3-1-2-4;;;;;/h2*1-4,6-7H;1-6,8-9H;1-4H,(H,18,19);1-5H;1-4H,5H2,(H,13,14);2-5H,6H2,1H3,(H,10,11);1-4H,5H2;;;;;;;;;/q3*-1;;-1;;;-1;;;;;;;;;/p-2. The number of hydrogen-bond donors (Lipinski definition) is 1. The van der Waals surface area contributed by atoms with Gasteiger partial charge in [0.25, 0.3) is 0 Å². The van der Waals surface area contributed by atoms with Gasteiger partial charge in [0.1, 0.15) is 17.0 Å². The van der Waals surface area contributed by atoms with Crippen LogP contribution in [0.15, 0.2) is 250 Å². The summed E-state index contributed by atoms with van der Waals surface area (Å²) in [6.45, 7) is 0.862. The number of pyridine rings is 8. The van der Waals surface area contributed by atoms with Crippen LogP contribution < -0.4 is 5.10 Å². The van der Waals surface area contributed by atoms with Gasteiger partial charge in [-0.25, -0.2) is 46.8 Å². The van der Waals surface area contributed by atoms with Crippen LogP contribution in [0.3, 0.4) is 0 Å². The quantitative estimate of drug-likeness (QED) is 0.0674. The van der Waals surface area contributed by atoms with Crippen molar-refractivity contribution in [1.29, 1.82) is 0 Å². The molecule has 13 aromatic rings. The first-order valence-corrected chi connectivity index (χ1v) is 35.7. The molecule has 3 aromatic carbocycles. The number of nitrogens with one attached hydrogen (secondary N) is 1. The van der Waals surface area contributed by atoms with E-state index < -0.39 is 98.6 Å². The van der Waals surface area contributed by atoms with Crippen LogP contribution in [0, 0.1) is 41.5 Å². The number of rotatable bonds is 12. The predicted octanol–water partition coefficient (Wildman–Crippen LogP) is 16.0. The molecule has 1 N–H and O–H groups in total. The van der Waals surface area contributed by atoms with E-state index in [4.69, 9.17) is 38.4 Å². The van der Waals surface area contributed by atoms with Crippen molar-refractivity contribution in [1.82, 2.24) is 60.3 Å². The van der Waals surface area contributed by atoms with Crippen LogP contribution in [0.25, 0.3) is 71.9 Å². The fourth-order valence-corrected chi connectivity index (χ4v) is 8.55. The molecular formula is C83H51F19Ir3N15O12Re2S-7. The molecule has 0 aliphatic heterocycles. The Morgan fingerprint density at radius 2 is 0.763 bits per heavy atom. The SMILES string of the molecule is CC(=O)[N-]Cc1ccccn1.FC(F)(F)c1[nH]nc(-c2ccccn2)c1C(F)(F)F.FC(F)(F)c1cc(-c2ccccn2)[n-]n1.Fc1c[c-]c(-c2ccccn2)c(F)c1.Fc1c[c-]c(-c2ccccn2)c(F)c1.O=C([N-]Cc1ccccn1)C(F)(F)F.O=C=C=O.O=C=C=O.O=C=C=O.O=C=C=O.O=S(=O)([N-]Cc1ccccn1)C(F)(F)F.[Ir].[Ir].[Ir].[Re].[Re].[c-]1ccccc1-c1ccccn1. The van der Waals surface area contributed by atoms with Gasteiger partial charge in [-0.3, -0.25) is 47.6 Å². The normalized spacial score (nSPS) is 9.72. The van der Waals surface area contributed by atoms with E-state index in [-0.39, 0.29) is 142 Å².